The number of carboxylic acids is 1. The Morgan fingerprint density at radius 3 is 2.65 bits per heavy atom. The van der Waals surface area contributed by atoms with E-state index in [-0.39, 0.29) is 6.54 Å². The van der Waals surface area contributed by atoms with Gasteiger partial charge >= 0.3 is 12.0 Å². The Balaban J connectivity index is 2.34. The summed E-state index contributed by atoms with van der Waals surface area (Å²) in [7, 11) is 0. The van der Waals surface area contributed by atoms with Gasteiger partial charge in [0.25, 0.3) is 0 Å². The van der Waals surface area contributed by atoms with Crippen LogP contribution in [0.25, 0.3) is 0 Å². The molecule has 20 heavy (non-hydrogen) atoms. The molecular formula is C10H15N5O5. The van der Waals surface area contributed by atoms with Crippen LogP contribution in [0.15, 0.2) is 4.52 Å². The second kappa shape index (κ2) is 7.07. The summed E-state index contributed by atoms with van der Waals surface area (Å²) in [5, 5.41) is 17.0. The van der Waals surface area contributed by atoms with Crippen molar-refractivity contribution in [3.05, 3.63) is 11.7 Å². The highest BCUT2D eigenvalue weighted by Gasteiger charge is 2.21. The molecule has 10 nitrogen and oxygen atoms in total. The zero-order valence-electron chi connectivity index (χ0n) is 10.8. The van der Waals surface area contributed by atoms with Gasteiger partial charge in [0, 0.05) is 19.9 Å². The lowest BCUT2D eigenvalue weighted by atomic mass is 10.2. The van der Waals surface area contributed by atoms with E-state index >= 15 is 0 Å². The van der Waals surface area contributed by atoms with E-state index in [1.807, 2.05) is 0 Å². The van der Waals surface area contributed by atoms with E-state index in [2.05, 4.69) is 20.8 Å². The molecule has 0 fully saturated rings. The summed E-state index contributed by atoms with van der Waals surface area (Å²) in [4.78, 5) is 36.8. The molecule has 0 unspecified atom stereocenters. The van der Waals surface area contributed by atoms with Crippen molar-refractivity contribution in [2.75, 3.05) is 6.54 Å². The molecule has 1 heterocycles. The molecule has 0 aliphatic heterocycles. The first-order valence-electron chi connectivity index (χ1n) is 5.73. The molecule has 0 saturated carbocycles. The van der Waals surface area contributed by atoms with Crippen molar-refractivity contribution >= 4 is 17.9 Å². The van der Waals surface area contributed by atoms with E-state index in [0.29, 0.717) is 18.1 Å². The Morgan fingerprint density at radius 2 is 2.15 bits per heavy atom. The Labute approximate surface area is 113 Å². The fraction of sp³-hybridized carbons (Fsp3) is 0.500. The molecule has 3 amide bonds. The van der Waals surface area contributed by atoms with Crippen LogP contribution >= 0.6 is 0 Å². The molecule has 1 atom stereocenters. The molecule has 0 bridgehead atoms. The lowest BCUT2D eigenvalue weighted by Crippen LogP contribution is -2.48. The fourth-order valence-electron chi connectivity index (χ4n) is 1.34. The summed E-state index contributed by atoms with van der Waals surface area (Å²) in [6.07, 6.45) is -0.148. The number of nitrogens with two attached hydrogens (primary N) is 1. The number of carboxylic acid groups (broad SMARTS) is 1. The van der Waals surface area contributed by atoms with Gasteiger partial charge in [0.2, 0.25) is 11.8 Å². The van der Waals surface area contributed by atoms with Crippen LogP contribution in [0.5, 0.6) is 0 Å². The number of carbonyl (C=O) groups excluding carboxylic acids is 2. The van der Waals surface area contributed by atoms with Gasteiger partial charge in [-0.3, -0.25) is 4.79 Å². The number of amides is 3. The van der Waals surface area contributed by atoms with E-state index in [1.165, 1.54) is 0 Å². The number of hydrogen-bond acceptors (Lipinski definition) is 6. The Morgan fingerprint density at radius 1 is 1.45 bits per heavy atom. The third-order valence-corrected chi connectivity index (χ3v) is 2.21. The minimum Gasteiger partial charge on any atom is -0.480 e. The maximum absolute atomic E-state index is 11.4. The van der Waals surface area contributed by atoms with Gasteiger partial charge < -0.3 is 26.0 Å². The maximum atomic E-state index is 11.4. The zero-order chi connectivity index (χ0) is 15.1. The Bertz CT molecular complexity index is 500. The van der Waals surface area contributed by atoms with Gasteiger partial charge in [-0.2, -0.15) is 4.98 Å². The quantitative estimate of drug-likeness (QED) is 0.476. The number of aromatic nitrogens is 2. The summed E-state index contributed by atoms with van der Waals surface area (Å²) in [5.74, 6) is -1.32. The first-order valence-corrected chi connectivity index (χ1v) is 5.73. The van der Waals surface area contributed by atoms with E-state index in [4.69, 9.17) is 15.4 Å². The number of primary amides is 1. The summed E-state index contributed by atoms with van der Waals surface area (Å²) < 4.78 is 4.74. The lowest BCUT2D eigenvalue weighted by molar-refractivity contribution is -0.140. The van der Waals surface area contributed by atoms with E-state index in [0.717, 1.165) is 0 Å². The summed E-state index contributed by atoms with van der Waals surface area (Å²) in [6, 6.07) is -2.08. The van der Waals surface area contributed by atoms with E-state index in [9.17, 15) is 14.4 Å². The zero-order valence-corrected chi connectivity index (χ0v) is 10.8. The van der Waals surface area contributed by atoms with Gasteiger partial charge in [0.1, 0.15) is 6.04 Å². The molecule has 0 spiro atoms. The molecule has 0 aliphatic carbocycles. The molecule has 110 valence electrons. The van der Waals surface area contributed by atoms with Crippen molar-refractivity contribution in [2.45, 2.75) is 25.8 Å². The summed E-state index contributed by atoms with van der Waals surface area (Å²) >= 11 is 0. The van der Waals surface area contributed by atoms with Crippen molar-refractivity contribution in [3.8, 4) is 0 Å². The highest BCUT2D eigenvalue weighted by molar-refractivity contribution is 5.87. The van der Waals surface area contributed by atoms with Crippen molar-refractivity contribution in [2.24, 2.45) is 5.73 Å². The first kappa shape index (κ1) is 15.4. The number of nitrogens with zero attached hydrogens (tertiary/aromatic N) is 2. The molecule has 0 radical (unpaired) electrons. The number of aryl methyl sites for hydroxylation is 1. The molecule has 0 saturated heterocycles. The monoisotopic (exact) mass is 285 g/mol. The molecule has 1 aromatic rings. The van der Waals surface area contributed by atoms with Gasteiger partial charge in [-0.1, -0.05) is 5.16 Å². The number of hydrogen-bond donors (Lipinski definition) is 4. The standard InChI is InChI=1S/C10H15N5O5/c1-5-13-8(15-20-5)2-3-12-10(19)14-6(9(17)18)4-7(11)16/h6H,2-4H2,1H3,(H2,11,16)(H,17,18)(H2,12,14,19)/t6-/m1/s1. The lowest BCUT2D eigenvalue weighted by Gasteiger charge is -2.13. The molecule has 5 N–H and O–H groups in total. The fourth-order valence-corrected chi connectivity index (χ4v) is 1.34. The molecule has 1 aromatic heterocycles. The van der Waals surface area contributed by atoms with E-state index in [1.54, 1.807) is 6.92 Å². The number of urea groups is 1. The first-order chi connectivity index (χ1) is 9.38. The average Bonchev–Trinajstić information content (AvgIpc) is 2.73. The van der Waals surface area contributed by atoms with Gasteiger partial charge in [0.15, 0.2) is 5.82 Å². The number of rotatable bonds is 7. The van der Waals surface area contributed by atoms with Crippen LogP contribution in [0.2, 0.25) is 0 Å². The van der Waals surface area contributed by atoms with Crippen molar-refractivity contribution in [1.29, 1.82) is 0 Å². The van der Waals surface area contributed by atoms with Crippen LogP contribution in [0.3, 0.4) is 0 Å². The molecule has 0 aromatic carbocycles. The number of aliphatic carboxylic acids is 1. The normalized spacial score (nSPS) is 11.7. The van der Waals surface area contributed by atoms with Crippen molar-refractivity contribution in [3.63, 3.8) is 0 Å². The van der Waals surface area contributed by atoms with Crippen LogP contribution < -0.4 is 16.4 Å². The van der Waals surface area contributed by atoms with Gasteiger partial charge in [-0.25, -0.2) is 9.59 Å². The average molecular weight is 285 g/mol. The third kappa shape index (κ3) is 5.33. The SMILES string of the molecule is Cc1nc(CCNC(=O)N[C@H](CC(N)=O)C(=O)O)no1. The molecule has 0 aliphatic rings. The van der Waals surface area contributed by atoms with Crippen molar-refractivity contribution < 1.29 is 24.0 Å². The van der Waals surface area contributed by atoms with Crippen LogP contribution in [0.1, 0.15) is 18.1 Å². The second-order valence-electron chi connectivity index (χ2n) is 3.94. The number of nitrogens with one attached hydrogen (secondary N) is 2. The van der Waals surface area contributed by atoms with Crippen LogP contribution in [0.4, 0.5) is 4.79 Å². The number of carbonyl (C=O) groups is 3. The van der Waals surface area contributed by atoms with Gasteiger partial charge in [0.05, 0.1) is 6.42 Å². The minimum atomic E-state index is -1.36. The maximum Gasteiger partial charge on any atom is 0.326 e. The van der Waals surface area contributed by atoms with Crippen LogP contribution in [-0.2, 0) is 16.0 Å². The molecule has 1 rings (SSSR count). The summed E-state index contributed by atoms with van der Waals surface area (Å²) in [6.45, 7) is 1.83. The Hall–Kier alpha value is -2.65. The Kier molecular flexibility index (Phi) is 5.44. The van der Waals surface area contributed by atoms with Gasteiger partial charge in [-0.05, 0) is 0 Å². The third-order valence-electron chi connectivity index (χ3n) is 2.21. The topological polar surface area (TPSA) is 160 Å². The van der Waals surface area contributed by atoms with Crippen molar-refractivity contribution in [1.82, 2.24) is 20.8 Å². The summed E-state index contributed by atoms with van der Waals surface area (Å²) in [5.41, 5.74) is 4.88. The van der Waals surface area contributed by atoms with Gasteiger partial charge in [-0.15, -0.1) is 0 Å². The largest absolute Gasteiger partial charge is 0.480 e. The van der Waals surface area contributed by atoms with Crippen LogP contribution in [0, 0.1) is 6.92 Å². The molecule has 10 heteroatoms. The predicted molar refractivity (Wildman–Crippen MR) is 64.5 cm³/mol. The molecular weight excluding hydrogens is 270 g/mol. The van der Waals surface area contributed by atoms with E-state index < -0.39 is 30.4 Å². The second-order valence-corrected chi connectivity index (χ2v) is 3.94. The smallest absolute Gasteiger partial charge is 0.326 e. The minimum absolute atomic E-state index is 0.188. The highest BCUT2D eigenvalue weighted by Crippen LogP contribution is 1.95. The highest BCUT2D eigenvalue weighted by atomic mass is 16.5. The predicted octanol–water partition coefficient (Wildman–Crippen LogP) is -1.45. The van der Waals surface area contributed by atoms with Crippen LogP contribution in [-0.4, -0.2) is 45.7 Å².